The predicted molar refractivity (Wildman–Crippen MR) is 99.2 cm³/mol. The van der Waals surface area contributed by atoms with E-state index >= 15 is 0 Å². The number of pyridine rings is 1. The second kappa shape index (κ2) is 7.54. The summed E-state index contributed by atoms with van der Waals surface area (Å²) in [5.74, 6) is -1.06. The summed E-state index contributed by atoms with van der Waals surface area (Å²) in [6, 6.07) is 8.07. The summed E-state index contributed by atoms with van der Waals surface area (Å²) in [6.45, 7) is 1.79. The van der Waals surface area contributed by atoms with E-state index in [1.54, 1.807) is 37.4 Å². The quantitative estimate of drug-likeness (QED) is 0.636. The standard InChI is InChI=1S/C17H17N5O4S/c1-2-8-27(25,26)20-12-4-3-5-13(9-12)22-11-16(19-21-22)15-10-18-7-6-14(15)17(23)24/h3-7,9-11,20H,2,8H2,1H3,(H,23,24). The lowest BCUT2D eigenvalue weighted by atomic mass is 10.1. The summed E-state index contributed by atoms with van der Waals surface area (Å²) in [7, 11) is -3.41. The third-order valence-electron chi connectivity index (χ3n) is 3.68. The van der Waals surface area contributed by atoms with E-state index in [0.29, 0.717) is 29.1 Å². The van der Waals surface area contributed by atoms with Gasteiger partial charge in [-0.3, -0.25) is 9.71 Å². The van der Waals surface area contributed by atoms with Gasteiger partial charge in [-0.2, -0.15) is 0 Å². The minimum atomic E-state index is -3.41. The second-order valence-electron chi connectivity index (χ2n) is 5.75. The van der Waals surface area contributed by atoms with Crippen LogP contribution in [0.2, 0.25) is 0 Å². The number of anilines is 1. The molecule has 0 unspecified atom stereocenters. The van der Waals surface area contributed by atoms with Gasteiger partial charge in [-0.05, 0) is 30.7 Å². The highest BCUT2D eigenvalue weighted by Gasteiger charge is 2.15. The third kappa shape index (κ3) is 4.29. The molecule has 3 aromatic rings. The van der Waals surface area contributed by atoms with E-state index in [1.807, 2.05) is 0 Å². The number of nitrogens with zero attached hydrogens (tertiary/aromatic N) is 4. The van der Waals surface area contributed by atoms with Crippen molar-refractivity contribution in [1.29, 1.82) is 0 Å². The molecule has 0 aliphatic rings. The summed E-state index contributed by atoms with van der Waals surface area (Å²) in [5, 5.41) is 17.3. The number of hydrogen-bond donors (Lipinski definition) is 2. The van der Waals surface area contributed by atoms with Crippen LogP contribution < -0.4 is 4.72 Å². The maximum absolute atomic E-state index is 11.9. The Kier molecular flexibility index (Phi) is 5.17. The van der Waals surface area contributed by atoms with Crippen LogP contribution >= 0.6 is 0 Å². The van der Waals surface area contributed by atoms with E-state index in [0.717, 1.165) is 0 Å². The minimum absolute atomic E-state index is 0.0314. The third-order valence-corrected chi connectivity index (χ3v) is 5.17. The van der Waals surface area contributed by atoms with Gasteiger partial charge in [0.05, 0.1) is 28.9 Å². The largest absolute Gasteiger partial charge is 0.478 e. The lowest BCUT2D eigenvalue weighted by Crippen LogP contribution is -2.16. The van der Waals surface area contributed by atoms with Crippen molar-refractivity contribution in [2.45, 2.75) is 13.3 Å². The van der Waals surface area contributed by atoms with Gasteiger partial charge < -0.3 is 5.11 Å². The van der Waals surface area contributed by atoms with Crippen LogP contribution in [0, 0.1) is 0 Å². The fourth-order valence-electron chi connectivity index (χ4n) is 2.51. The van der Waals surface area contributed by atoms with Crippen LogP contribution in [0.4, 0.5) is 5.69 Å². The summed E-state index contributed by atoms with van der Waals surface area (Å²) in [5.41, 5.74) is 1.74. The van der Waals surface area contributed by atoms with Gasteiger partial charge in [0, 0.05) is 18.0 Å². The average Bonchev–Trinajstić information content (AvgIpc) is 3.11. The zero-order valence-electron chi connectivity index (χ0n) is 14.4. The molecular weight excluding hydrogens is 370 g/mol. The number of rotatable bonds is 7. The first-order valence-electron chi connectivity index (χ1n) is 8.10. The lowest BCUT2D eigenvalue weighted by Gasteiger charge is -2.08. The molecule has 0 aliphatic heterocycles. The number of carboxylic acid groups (broad SMARTS) is 1. The summed E-state index contributed by atoms with van der Waals surface area (Å²) in [4.78, 5) is 15.3. The molecule has 0 saturated carbocycles. The van der Waals surface area contributed by atoms with E-state index in [2.05, 4.69) is 20.0 Å². The van der Waals surface area contributed by atoms with Gasteiger partial charge in [-0.1, -0.05) is 18.2 Å². The van der Waals surface area contributed by atoms with E-state index in [9.17, 15) is 18.3 Å². The molecule has 9 nitrogen and oxygen atoms in total. The highest BCUT2D eigenvalue weighted by Crippen LogP contribution is 2.22. The zero-order chi connectivity index (χ0) is 19.4. The van der Waals surface area contributed by atoms with Crippen molar-refractivity contribution >= 4 is 21.7 Å². The molecule has 1 aromatic carbocycles. The van der Waals surface area contributed by atoms with Crippen LogP contribution in [-0.4, -0.2) is 45.2 Å². The Hall–Kier alpha value is -3.27. The number of carboxylic acids is 1. The van der Waals surface area contributed by atoms with Crippen LogP contribution in [0.25, 0.3) is 16.9 Å². The second-order valence-corrected chi connectivity index (χ2v) is 7.59. The molecule has 2 heterocycles. The molecule has 27 heavy (non-hydrogen) atoms. The first kappa shape index (κ1) is 18.5. The molecule has 0 atom stereocenters. The fourth-order valence-corrected chi connectivity index (χ4v) is 3.64. The zero-order valence-corrected chi connectivity index (χ0v) is 15.2. The number of nitrogens with one attached hydrogen (secondary N) is 1. The molecular formula is C17H17N5O4S. The number of benzene rings is 1. The first-order valence-corrected chi connectivity index (χ1v) is 9.76. The number of sulfonamides is 1. The fraction of sp³-hybridized carbons (Fsp3) is 0.176. The average molecular weight is 387 g/mol. The molecule has 0 saturated heterocycles. The van der Waals surface area contributed by atoms with Gasteiger partial charge in [0.2, 0.25) is 10.0 Å². The molecule has 0 bridgehead atoms. The molecule has 10 heteroatoms. The van der Waals surface area contributed by atoms with Crippen molar-refractivity contribution in [1.82, 2.24) is 20.0 Å². The first-order chi connectivity index (χ1) is 12.9. The van der Waals surface area contributed by atoms with Gasteiger partial charge in [0.1, 0.15) is 5.69 Å². The van der Waals surface area contributed by atoms with Crippen molar-refractivity contribution in [2.75, 3.05) is 10.5 Å². The predicted octanol–water partition coefficient (Wildman–Crippen LogP) is 2.18. The molecule has 0 amide bonds. The van der Waals surface area contributed by atoms with Crippen LogP contribution in [0.15, 0.2) is 48.9 Å². The number of aromatic nitrogens is 4. The van der Waals surface area contributed by atoms with Gasteiger partial charge in [0.15, 0.2) is 0 Å². The van der Waals surface area contributed by atoms with Gasteiger partial charge in [0.25, 0.3) is 0 Å². The number of carbonyl (C=O) groups is 1. The van der Waals surface area contributed by atoms with Gasteiger partial charge >= 0.3 is 5.97 Å². The Morgan fingerprint density at radius 3 is 2.85 bits per heavy atom. The van der Waals surface area contributed by atoms with Crippen molar-refractivity contribution in [3.8, 4) is 16.9 Å². The highest BCUT2D eigenvalue weighted by atomic mass is 32.2. The van der Waals surface area contributed by atoms with Gasteiger partial charge in [-0.15, -0.1) is 5.10 Å². The Bertz CT molecular complexity index is 1080. The molecule has 0 fully saturated rings. The Balaban J connectivity index is 1.92. The molecule has 3 rings (SSSR count). The topological polar surface area (TPSA) is 127 Å². The van der Waals surface area contributed by atoms with Crippen molar-refractivity contribution < 1.29 is 18.3 Å². The van der Waals surface area contributed by atoms with E-state index in [-0.39, 0.29) is 11.3 Å². The lowest BCUT2D eigenvalue weighted by molar-refractivity contribution is 0.0697. The molecule has 0 aliphatic carbocycles. The molecule has 2 aromatic heterocycles. The maximum Gasteiger partial charge on any atom is 0.336 e. The van der Waals surface area contributed by atoms with Gasteiger partial charge in [-0.25, -0.2) is 17.9 Å². The van der Waals surface area contributed by atoms with Crippen molar-refractivity contribution in [3.63, 3.8) is 0 Å². The Morgan fingerprint density at radius 2 is 2.11 bits per heavy atom. The molecule has 140 valence electrons. The summed E-state index contributed by atoms with van der Waals surface area (Å²) >= 11 is 0. The molecule has 0 spiro atoms. The van der Waals surface area contributed by atoms with E-state index in [4.69, 9.17) is 0 Å². The van der Waals surface area contributed by atoms with Crippen molar-refractivity contribution in [2.24, 2.45) is 0 Å². The Morgan fingerprint density at radius 1 is 1.30 bits per heavy atom. The molecule has 2 N–H and O–H groups in total. The van der Waals surface area contributed by atoms with Crippen LogP contribution in [-0.2, 0) is 10.0 Å². The minimum Gasteiger partial charge on any atom is -0.478 e. The van der Waals surface area contributed by atoms with Crippen LogP contribution in [0.5, 0.6) is 0 Å². The normalized spacial score (nSPS) is 11.3. The van der Waals surface area contributed by atoms with Crippen LogP contribution in [0.1, 0.15) is 23.7 Å². The molecule has 0 radical (unpaired) electrons. The number of hydrogen-bond acceptors (Lipinski definition) is 6. The summed E-state index contributed by atoms with van der Waals surface area (Å²) in [6.07, 6.45) is 4.87. The smallest absolute Gasteiger partial charge is 0.336 e. The van der Waals surface area contributed by atoms with Crippen LogP contribution in [0.3, 0.4) is 0 Å². The SMILES string of the molecule is CCCS(=O)(=O)Nc1cccc(-n2cc(-c3cnccc3C(=O)O)nn2)c1. The highest BCUT2D eigenvalue weighted by molar-refractivity contribution is 7.92. The number of aromatic carboxylic acids is 1. The monoisotopic (exact) mass is 387 g/mol. The maximum atomic E-state index is 11.9. The summed E-state index contributed by atoms with van der Waals surface area (Å²) < 4.78 is 27.8. The Labute approximate surface area is 155 Å². The van der Waals surface area contributed by atoms with Crippen molar-refractivity contribution in [3.05, 3.63) is 54.5 Å². The van der Waals surface area contributed by atoms with E-state index in [1.165, 1.54) is 23.1 Å². The van der Waals surface area contributed by atoms with E-state index < -0.39 is 16.0 Å².